The number of nitrogens with one attached hydrogen (secondary N) is 1. The van der Waals surface area contributed by atoms with Gasteiger partial charge in [0.05, 0.1) is 19.1 Å². The van der Waals surface area contributed by atoms with E-state index in [1.807, 2.05) is 6.92 Å². The molecule has 0 aromatic heterocycles. The lowest BCUT2D eigenvalue weighted by Crippen LogP contribution is -2.53. The summed E-state index contributed by atoms with van der Waals surface area (Å²) in [6.45, 7) is 2.83. The van der Waals surface area contributed by atoms with E-state index in [4.69, 9.17) is 27.9 Å². The van der Waals surface area contributed by atoms with E-state index in [2.05, 4.69) is 5.32 Å². The van der Waals surface area contributed by atoms with Crippen LogP contribution in [0.5, 0.6) is 5.75 Å². The van der Waals surface area contributed by atoms with Crippen molar-refractivity contribution in [2.24, 2.45) is 0 Å². The summed E-state index contributed by atoms with van der Waals surface area (Å²) in [6, 6.07) is 9.21. The maximum absolute atomic E-state index is 13.8. The first-order chi connectivity index (χ1) is 17.9. The molecule has 0 saturated heterocycles. The summed E-state index contributed by atoms with van der Waals surface area (Å²) in [6.07, 6.45) is 6.02. The van der Waals surface area contributed by atoms with E-state index in [1.165, 1.54) is 12.0 Å². The Labute approximate surface area is 235 Å². The second-order valence-corrected chi connectivity index (χ2v) is 12.4. The topological polar surface area (TPSA) is 96.0 Å². The third-order valence-electron chi connectivity index (χ3n) is 6.79. The molecule has 1 atom stereocenters. The summed E-state index contributed by atoms with van der Waals surface area (Å²) < 4.78 is 32.1. The molecule has 3 rings (SSSR count). The Morgan fingerprint density at radius 2 is 1.74 bits per heavy atom. The van der Waals surface area contributed by atoms with Crippen LogP contribution >= 0.6 is 23.2 Å². The molecule has 1 aliphatic rings. The molecule has 1 unspecified atom stereocenters. The van der Waals surface area contributed by atoms with Crippen LogP contribution in [0.15, 0.2) is 36.4 Å². The number of aryl methyl sites for hydroxylation is 1. The minimum Gasteiger partial charge on any atom is -0.495 e. The van der Waals surface area contributed by atoms with Gasteiger partial charge < -0.3 is 15.0 Å². The average Bonchev–Trinajstić information content (AvgIpc) is 2.86. The van der Waals surface area contributed by atoms with Gasteiger partial charge in [0.25, 0.3) is 0 Å². The summed E-state index contributed by atoms with van der Waals surface area (Å²) in [4.78, 5) is 28.5. The number of carbonyl (C=O) groups is 2. The van der Waals surface area contributed by atoms with E-state index in [0.29, 0.717) is 21.4 Å². The second-order valence-electron chi connectivity index (χ2n) is 9.69. The van der Waals surface area contributed by atoms with Gasteiger partial charge >= 0.3 is 0 Å². The number of anilines is 1. The fourth-order valence-electron chi connectivity index (χ4n) is 4.59. The largest absolute Gasteiger partial charge is 0.495 e. The zero-order chi connectivity index (χ0) is 28.0. The highest BCUT2D eigenvalue weighted by atomic mass is 35.5. The molecular formula is C27H35Cl2N3O5S. The van der Waals surface area contributed by atoms with Gasteiger partial charge in [0.15, 0.2) is 0 Å². The number of rotatable bonds is 10. The summed E-state index contributed by atoms with van der Waals surface area (Å²) in [5.74, 6) is -0.591. The van der Waals surface area contributed by atoms with Crippen molar-refractivity contribution in [1.29, 1.82) is 0 Å². The van der Waals surface area contributed by atoms with Crippen LogP contribution in [0.4, 0.5) is 5.69 Å². The lowest BCUT2D eigenvalue weighted by Gasteiger charge is -2.33. The first kappa shape index (κ1) is 30.1. The van der Waals surface area contributed by atoms with Crippen molar-refractivity contribution >= 4 is 50.7 Å². The molecule has 1 saturated carbocycles. The Balaban J connectivity index is 1.96. The van der Waals surface area contributed by atoms with Crippen LogP contribution in [0.3, 0.4) is 0 Å². The summed E-state index contributed by atoms with van der Waals surface area (Å²) >= 11 is 12.8. The lowest BCUT2D eigenvalue weighted by atomic mass is 9.95. The van der Waals surface area contributed by atoms with Crippen LogP contribution in [0, 0.1) is 6.92 Å². The smallest absolute Gasteiger partial charge is 0.244 e. The van der Waals surface area contributed by atoms with Crippen molar-refractivity contribution in [3.05, 3.63) is 57.6 Å². The molecule has 0 heterocycles. The number of carbonyl (C=O) groups excluding carboxylic acids is 2. The predicted molar refractivity (Wildman–Crippen MR) is 151 cm³/mol. The molecule has 2 aromatic carbocycles. The van der Waals surface area contributed by atoms with Crippen LogP contribution in [-0.2, 0) is 26.2 Å². The van der Waals surface area contributed by atoms with E-state index >= 15 is 0 Å². The second kappa shape index (κ2) is 13.0. The van der Waals surface area contributed by atoms with E-state index in [0.717, 1.165) is 48.2 Å². The number of hydrogen-bond acceptors (Lipinski definition) is 5. The molecule has 2 amide bonds. The van der Waals surface area contributed by atoms with E-state index in [-0.39, 0.29) is 24.2 Å². The monoisotopic (exact) mass is 583 g/mol. The highest BCUT2D eigenvalue weighted by Gasteiger charge is 2.32. The molecule has 0 aliphatic heterocycles. The number of benzene rings is 2. The summed E-state index contributed by atoms with van der Waals surface area (Å²) in [7, 11) is -2.47. The molecule has 38 heavy (non-hydrogen) atoms. The molecule has 2 aromatic rings. The standard InChI is InChI=1S/C27H35Cl2N3O5S/c1-18-13-14-25(37-3)24(15-18)32(38(4,35)36)17-26(33)31(16-21-22(28)11-8-12-23(21)29)19(2)27(34)30-20-9-6-5-7-10-20/h8,11-15,19-20H,5-7,9-10,16-17H2,1-4H3,(H,30,34). The number of methoxy groups -OCH3 is 1. The Kier molecular flexibility index (Phi) is 10.3. The van der Waals surface area contributed by atoms with Crippen LogP contribution in [0.25, 0.3) is 0 Å². The minimum absolute atomic E-state index is 0.0450. The quantitative estimate of drug-likeness (QED) is 0.427. The lowest BCUT2D eigenvalue weighted by molar-refractivity contribution is -0.139. The van der Waals surface area contributed by atoms with Gasteiger partial charge in [-0.05, 0) is 56.5 Å². The van der Waals surface area contributed by atoms with E-state index < -0.39 is 28.5 Å². The van der Waals surface area contributed by atoms with Crippen molar-refractivity contribution in [3.8, 4) is 5.75 Å². The van der Waals surface area contributed by atoms with Gasteiger partial charge in [-0.25, -0.2) is 8.42 Å². The molecule has 0 bridgehead atoms. The Bertz CT molecular complexity index is 1250. The molecule has 1 N–H and O–H groups in total. The third kappa shape index (κ3) is 7.55. The summed E-state index contributed by atoms with van der Waals surface area (Å²) in [5, 5.41) is 3.75. The van der Waals surface area contributed by atoms with Gasteiger partial charge in [-0.15, -0.1) is 0 Å². The molecule has 208 valence electrons. The molecule has 8 nitrogen and oxygen atoms in total. The Hall–Kier alpha value is -2.49. The molecule has 1 fully saturated rings. The minimum atomic E-state index is -3.90. The van der Waals surface area contributed by atoms with Crippen LogP contribution < -0.4 is 14.4 Å². The van der Waals surface area contributed by atoms with Crippen LogP contribution in [0.1, 0.15) is 50.2 Å². The first-order valence-corrected chi connectivity index (χ1v) is 15.2. The predicted octanol–water partition coefficient (Wildman–Crippen LogP) is 4.94. The molecule has 0 radical (unpaired) electrons. The normalized spacial score (nSPS) is 15.0. The highest BCUT2D eigenvalue weighted by molar-refractivity contribution is 7.92. The van der Waals surface area contributed by atoms with Gasteiger partial charge in [0.1, 0.15) is 18.3 Å². The number of amides is 2. The van der Waals surface area contributed by atoms with Gasteiger partial charge in [-0.2, -0.15) is 0 Å². The first-order valence-electron chi connectivity index (χ1n) is 12.6. The Morgan fingerprint density at radius 1 is 1.11 bits per heavy atom. The Morgan fingerprint density at radius 3 is 2.32 bits per heavy atom. The molecular weight excluding hydrogens is 549 g/mol. The SMILES string of the molecule is COc1ccc(C)cc1N(CC(=O)N(Cc1c(Cl)cccc1Cl)C(C)C(=O)NC1CCCCC1)S(C)(=O)=O. The average molecular weight is 585 g/mol. The number of halogens is 2. The molecule has 1 aliphatic carbocycles. The molecule has 0 spiro atoms. The zero-order valence-electron chi connectivity index (χ0n) is 22.2. The maximum Gasteiger partial charge on any atom is 0.244 e. The van der Waals surface area contributed by atoms with Gasteiger partial charge in [0.2, 0.25) is 21.8 Å². The van der Waals surface area contributed by atoms with Gasteiger partial charge in [-0.1, -0.05) is 54.6 Å². The number of nitrogens with zero attached hydrogens (tertiary/aromatic N) is 2. The van der Waals surface area contributed by atoms with Gasteiger partial charge in [0, 0.05) is 28.2 Å². The maximum atomic E-state index is 13.8. The van der Waals surface area contributed by atoms with Crippen LogP contribution in [0.2, 0.25) is 10.0 Å². The third-order valence-corrected chi connectivity index (χ3v) is 8.63. The van der Waals surface area contributed by atoms with Crippen LogP contribution in [-0.4, -0.2) is 57.1 Å². The van der Waals surface area contributed by atoms with Gasteiger partial charge in [-0.3, -0.25) is 13.9 Å². The number of ether oxygens (including phenoxy) is 1. The molecule has 11 heteroatoms. The number of sulfonamides is 1. The summed E-state index contributed by atoms with van der Waals surface area (Å²) in [5.41, 5.74) is 1.50. The van der Waals surface area contributed by atoms with Crippen molar-refractivity contribution in [2.75, 3.05) is 24.2 Å². The van der Waals surface area contributed by atoms with Crippen molar-refractivity contribution in [3.63, 3.8) is 0 Å². The fourth-order valence-corrected chi connectivity index (χ4v) is 5.96. The number of hydrogen-bond donors (Lipinski definition) is 1. The van der Waals surface area contributed by atoms with E-state index in [9.17, 15) is 18.0 Å². The van der Waals surface area contributed by atoms with Crippen molar-refractivity contribution in [2.45, 2.75) is 64.6 Å². The highest BCUT2D eigenvalue weighted by Crippen LogP contribution is 2.32. The van der Waals surface area contributed by atoms with Crippen molar-refractivity contribution in [1.82, 2.24) is 10.2 Å². The van der Waals surface area contributed by atoms with E-state index in [1.54, 1.807) is 43.3 Å². The zero-order valence-corrected chi connectivity index (χ0v) is 24.5. The van der Waals surface area contributed by atoms with Crippen molar-refractivity contribution < 1.29 is 22.7 Å². The fraction of sp³-hybridized carbons (Fsp3) is 0.481.